The fourth-order valence-corrected chi connectivity index (χ4v) is 2.40. The van der Waals surface area contributed by atoms with Crippen molar-refractivity contribution in [3.8, 4) is 5.75 Å². The van der Waals surface area contributed by atoms with E-state index in [1.165, 1.54) is 5.56 Å². The van der Waals surface area contributed by atoms with E-state index >= 15 is 0 Å². The van der Waals surface area contributed by atoms with Crippen LogP contribution in [0.3, 0.4) is 0 Å². The van der Waals surface area contributed by atoms with Gasteiger partial charge in [0.1, 0.15) is 11.4 Å². The molecular weight excluding hydrogens is 228 g/mol. The fraction of sp³-hybridized carbons (Fsp3) is 0.385. The van der Waals surface area contributed by atoms with Crippen LogP contribution >= 0.6 is 0 Å². The van der Waals surface area contributed by atoms with Gasteiger partial charge in [0.25, 0.3) is 0 Å². The highest BCUT2D eigenvalue weighted by Crippen LogP contribution is 2.35. The molecule has 1 aliphatic rings. The van der Waals surface area contributed by atoms with Gasteiger partial charge in [0.15, 0.2) is 0 Å². The second-order valence-electron chi connectivity index (χ2n) is 4.32. The van der Waals surface area contributed by atoms with Gasteiger partial charge in [-0.3, -0.25) is 0 Å². The van der Waals surface area contributed by atoms with E-state index in [1.807, 2.05) is 0 Å². The van der Waals surface area contributed by atoms with E-state index in [4.69, 9.17) is 4.74 Å². The van der Waals surface area contributed by atoms with Gasteiger partial charge in [-0.1, -0.05) is 25.1 Å². The molecule has 1 unspecified atom stereocenters. The molecule has 2 heterocycles. The molecule has 0 spiro atoms. The van der Waals surface area contributed by atoms with Gasteiger partial charge in [0.05, 0.1) is 18.8 Å². The van der Waals surface area contributed by atoms with E-state index in [0.717, 1.165) is 36.6 Å². The van der Waals surface area contributed by atoms with Crippen molar-refractivity contribution in [2.75, 3.05) is 13.2 Å². The lowest BCUT2D eigenvalue weighted by atomic mass is 10.00. The summed E-state index contributed by atoms with van der Waals surface area (Å²) in [6.07, 6.45) is 2.74. The van der Waals surface area contributed by atoms with Crippen molar-refractivity contribution in [1.82, 2.24) is 20.7 Å². The van der Waals surface area contributed by atoms with Crippen molar-refractivity contribution < 1.29 is 4.74 Å². The number of H-pyrrole nitrogens is 1. The molecule has 0 saturated carbocycles. The van der Waals surface area contributed by atoms with E-state index < -0.39 is 0 Å². The van der Waals surface area contributed by atoms with Crippen LogP contribution in [0.15, 0.2) is 24.4 Å². The molecule has 5 nitrogen and oxygen atoms in total. The minimum atomic E-state index is 0.0294. The number of hydrogen-bond acceptors (Lipinski definition) is 4. The summed E-state index contributed by atoms with van der Waals surface area (Å²) in [4.78, 5) is 0. The van der Waals surface area contributed by atoms with Crippen LogP contribution in [0.5, 0.6) is 5.75 Å². The first kappa shape index (κ1) is 11.2. The van der Waals surface area contributed by atoms with Crippen molar-refractivity contribution >= 4 is 0 Å². The predicted molar refractivity (Wildman–Crippen MR) is 67.5 cm³/mol. The van der Waals surface area contributed by atoms with Crippen molar-refractivity contribution in [2.45, 2.75) is 19.4 Å². The summed E-state index contributed by atoms with van der Waals surface area (Å²) < 4.78 is 5.76. The lowest BCUT2D eigenvalue weighted by molar-refractivity contribution is 0.350. The van der Waals surface area contributed by atoms with E-state index in [0.29, 0.717) is 0 Å². The summed E-state index contributed by atoms with van der Waals surface area (Å²) in [6.45, 7) is 3.71. The van der Waals surface area contributed by atoms with Crippen LogP contribution in [0.2, 0.25) is 0 Å². The Morgan fingerprint density at radius 1 is 1.50 bits per heavy atom. The third-order valence-corrected chi connectivity index (χ3v) is 3.19. The van der Waals surface area contributed by atoms with Crippen LogP contribution in [0.4, 0.5) is 0 Å². The summed E-state index contributed by atoms with van der Waals surface area (Å²) in [7, 11) is 0. The molecule has 0 fully saturated rings. The zero-order valence-corrected chi connectivity index (χ0v) is 10.3. The van der Waals surface area contributed by atoms with Gasteiger partial charge >= 0.3 is 0 Å². The summed E-state index contributed by atoms with van der Waals surface area (Å²) in [6, 6.07) is 6.32. The smallest absolute Gasteiger partial charge is 0.127 e. The molecule has 0 bridgehead atoms. The van der Waals surface area contributed by atoms with Crippen LogP contribution in [-0.4, -0.2) is 28.6 Å². The number of aromatic nitrogens is 3. The molecule has 0 amide bonds. The predicted octanol–water partition coefficient (Wildman–Crippen LogP) is 1.44. The molecule has 1 aromatic carbocycles. The molecule has 0 aliphatic carbocycles. The average molecular weight is 244 g/mol. The Morgan fingerprint density at radius 3 is 3.22 bits per heavy atom. The zero-order valence-electron chi connectivity index (χ0n) is 10.3. The highest BCUT2D eigenvalue weighted by atomic mass is 16.5. The molecule has 94 valence electrons. The Labute approximate surface area is 106 Å². The lowest BCUT2D eigenvalue weighted by Crippen LogP contribution is -2.22. The third-order valence-electron chi connectivity index (χ3n) is 3.19. The van der Waals surface area contributed by atoms with Gasteiger partial charge in [-0.2, -0.15) is 15.4 Å². The molecule has 0 radical (unpaired) electrons. The number of nitrogens with one attached hydrogen (secondary N) is 2. The van der Waals surface area contributed by atoms with Gasteiger partial charge in [-0.05, 0) is 12.1 Å². The SMILES string of the molecule is CCNC(c1cn[nH]n1)c1cccc2c1OCC2. The molecule has 1 aliphatic heterocycles. The first-order chi connectivity index (χ1) is 8.90. The van der Waals surface area contributed by atoms with E-state index in [9.17, 15) is 0 Å². The summed E-state index contributed by atoms with van der Waals surface area (Å²) in [5.41, 5.74) is 3.31. The van der Waals surface area contributed by atoms with Gasteiger partial charge in [-0.15, -0.1) is 0 Å². The van der Waals surface area contributed by atoms with Crippen molar-refractivity contribution in [1.29, 1.82) is 0 Å². The average Bonchev–Trinajstić information content (AvgIpc) is 3.06. The van der Waals surface area contributed by atoms with Crippen LogP contribution < -0.4 is 10.1 Å². The third kappa shape index (κ3) is 1.86. The number of fused-ring (bicyclic) bond motifs is 1. The van der Waals surface area contributed by atoms with Gasteiger partial charge in [0.2, 0.25) is 0 Å². The minimum absolute atomic E-state index is 0.0294. The second-order valence-corrected chi connectivity index (χ2v) is 4.32. The van der Waals surface area contributed by atoms with E-state index in [-0.39, 0.29) is 6.04 Å². The van der Waals surface area contributed by atoms with Crippen LogP contribution in [0.25, 0.3) is 0 Å². The number of para-hydroxylation sites is 1. The normalized spacial score (nSPS) is 15.2. The topological polar surface area (TPSA) is 62.8 Å². The number of ether oxygens (including phenoxy) is 1. The van der Waals surface area contributed by atoms with Gasteiger partial charge < -0.3 is 10.1 Å². The highest BCUT2D eigenvalue weighted by molar-refractivity contribution is 5.47. The van der Waals surface area contributed by atoms with Crippen molar-refractivity contribution in [3.63, 3.8) is 0 Å². The summed E-state index contributed by atoms with van der Waals surface area (Å²) in [5.74, 6) is 1.01. The molecule has 0 saturated heterocycles. The highest BCUT2D eigenvalue weighted by Gasteiger charge is 2.24. The molecule has 2 aromatic rings. The van der Waals surface area contributed by atoms with Crippen LogP contribution in [-0.2, 0) is 6.42 Å². The van der Waals surface area contributed by atoms with Crippen LogP contribution in [0.1, 0.15) is 29.8 Å². The van der Waals surface area contributed by atoms with Gasteiger partial charge in [-0.25, -0.2) is 0 Å². The van der Waals surface area contributed by atoms with E-state index in [1.54, 1.807) is 6.20 Å². The number of benzene rings is 1. The lowest BCUT2D eigenvalue weighted by Gasteiger charge is -2.18. The molecule has 1 atom stereocenters. The Hall–Kier alpha value is -1.88. The van der Waals surface area contributed by atoms with Crippen molar-refractivity contribution in [2.24, 2.45) is 0 Å². The van der Waals surface area contributed by atoms with E-state index in [2.05, 4.69) is 45.9 Å². The number of nitrogens with zero attached hydrogens (tertiary/aromatic N) is 2. The van der Waals surface area contributed by atoms with Gasteiger partial charge in [0, 0.05) is 12.0 Å². The van der Waals surface area contributed by atoms with Crippen LogP contribution in [0, 0.1) is 0 Å². The molecule has 3 rings (SSSR count). The maximum absolute atomic E-state index is 5.76. The van der Waals surface area contributed by atoms with Crippen molar-refractivity contribution in [3.05, 3.63) is 41.2 Å². The molecule has 5 heteroatoms. The number of aromatic amines is 1. The molecule has 2 N–H and O–H groups in total. The number of hydrogen-bond donors (Lipinski definition) is 2. The maximum Gasteiger partial charge on any atom is 0.127 e. The Kier molecular flexibility index (Phi) is 2.98. The first-order valence-corrected chi connectivity index (χ1v) is 6.23. The quantitative estimate of drug-likeness (QED) is 0.854. The number of rotatable bonds is 4. The first-order valence-electron chi connectivity index (χ1n) is 6.23. The summed E-state index contributed by atoms with van der Waals surface area (Å²) in [5, 5.41) is 14.2. The Balaban J connectivity index is 2.03. The second kappa shape index (κ2) is 4.78. The molecular formula is C13H16N4O. The zero-order chi connectivity index (χ0) is 12.4. The Bertz CT molecular complexity index is 524. The summed E-state index contributed by atoms with van der Waals surface area (Å²) >= 11 is 0. The molecule has 1 aromatic heterocycles. The standard InChI is InChI=1S/C13H16N4O/c1-2-14-12(11-8-15-17-16-11)10-5-3-4-9-6-7-18-13(9)10/h3-5,8,12,14H,2,6-7H2,1H3,(H,15,16,17). The Morgan fingerprint density at radius 2 is 2.44 bits per heavy atom. The minimum Gasteiger partial charge on any atom is -0.493 e. The molecule has 18 heavy (non-hydrogen) atoms. The fourth-order valence-electron chi connectivity index (χ4n) is 2.40. The maximum atomic E-state index is 5.76. The largest absolute Gasteiger partial charge is 0.493 e. The monoisotopic (exact) mass is 244 g/mol.